The number of ether oxygens (including phenoxy) is 3. The molecule has 2 aromatic carbocycles. The van der Waals surface area contributed by atoms with Gasteiger partial charge in [-0.25, -0.2) is 0 Å². The molecule has 32 heavy (non-hydrogen) atoms. The molecule has 0 aromatic heterocycles. The van der Waals surface area contributed by atoms with Gasteiger partial charge >= 0.3 is 0 Å². The van der Waals surface area contributed by atoms with Gasteiger partial charge in [-0.2, -0.15) is 0 Å². The second-order valence-corrected chi connectivity index (χ2v) is 11.5. The highest BCUT2D eigenvalue weighted by molar-refractivity contribution is 5.91. The minimum Gasteiger partial charge on any atom is -0.457 e. The molecule has 5 nitrogen and oxygen atoms in total. The van der Waals surface area contributed by atoms with Crippen LogP contribution in [0.25, 0.3) is 0 Å². The molecule has 2 atom stereocenters. The Bertz CT molecular complexity index is 1040. The van der Waals surface area contributed by atoms with Crippen LogP contribution in [0.15, 0.2) is 42.5 Å². The Kier molecular flexibility index (Phi) is 4.30. The van der Waals surface area contributed by atoms with E-state index in [0.29, 0.717) is 34.5 Å². The molecule has 0 unspecified atom stereocenters. The molecule has 1 N–H and O–H groups in total. The van der Waals surface area contributed by atoms with Gasteiger partial charge in [-0.3, -0.25) is 4.79 Å². The van der Waals surface area contributed by atoms with E-state index in [-0.39, 0.29) is 18.1 Å². The predicted octanol–water partition coefficient (Wildman–Crippen LogP) is 6.53. The maximum Gasteiger partial charge on any atom is 0.231 e. The fourth-order valence-corrected chi connectivity index (χ4v) is 8.11. The van der Waals surface area contributed by atoms with Crippen molar-refractivity contribution in [3.05, 3.63) is 42.5 Å². The van der Waals surface area contributed by atoms with Gasteiger partial charge in [0.15, 0.2) is 11.5 Å². The summed E-state index contributed by atoms with van der Waals surface area (Å²) in [6.07, 6.45) is 8.35. The molecule has 4 saturated carbocycles. The molecule has 0 saturated heterocycles. The molecule has 4 aliphatic carbocycles. The zero-order valence-corrected chi connectivity index (χ0v) is 18.9. The molecule has 1 aliphatic heterocycles. The van der Waals surface area contributed by atoms with Gasteiger partial charge in [0.2, 0.25) is 12.7 Å². The third-order valence-corrected chi connectivity index (χ3v) is 8.00. The van der Waals surface area contributed by atoms with Crippen LogP contribution in [0, 0.1) is 22.2 Å². The van der Waals surface area contributed by atoms with Gasteiger partial charge in [0, 0.05) is 18.2 Å². The number of rotatable bonds is 5. The Balaban J connectivity index is 1.10. The Morgan fingerprint density at radius 2 is 1.62 bits per heavy atom. The molecule has 5 heteroatoms. The van der Waals surface area contributed by atoms with E-state index in [0.717, 1.165) is 17.4 Å². The van der Waals surface area contributed by atoms with Gasteiger partial charge in [-0.05, 0) is 97.1 Å². The normalized spacial score (nSPS) is 33.9. The van der Waals surface area contributed by atoms with Gasteiger partial charge in [-0.1, -0.05) is 13.8 Å². The number of hydrogen-bond acceptors (Lipinski definition) is 4. The number of nitrogens with one attached hydrogen (secondary N) is 1. The number of hydrogen-bond donors (Lipinski definition) is 1. The monoisotopic (exact) mass is 433 g/mol. The fraction of sp³-hybridized carbons (Fsp3) is 0.519. The van der Waals surface area contributed by atoms with Crippen molar-refractivity contribution in [2.24, 2.45) is 22.2 Å². The summed E-state index contributed by atoms with van der Waals surface area (Å²) in [7, 11) is 0. The van der Waals surface area contributed by atoms with Crippen LogP contribution in [0.4, 0.5) is 5.69 Å². The lowest BCUT2D eigenvalue weighted by molar-refractivity contribution is -0.153. The predicted molar refractivity (Wildman–Crippen MR) is 122 cm³/mol. The second kappa shape index (κ2) is 6.90. The number of amides is 1. The summed E-state index contributed by atoms with van der Waals surface area (Å²) >= 11 is 0. The number of fused-ring (bicyclic) bond motifs is 1. The number of carbonyl (C=O) groups is 1. The molecule has 1 amide bonds. The highest BCUT2D eigenvalue weighted by atomic mass is 16.7. The smallest absolute Gasteiger partial charge is 0.231 e. The number of benzene rings is 2. The second-order valence-electron chi connectivity index (χ2n) is 11.5. The molecule has 0 radical (unpaired) electrons. The van der Waals surface area contributed by atoms with Crippen molar-refractivity contribution in [2.75, 3.05) is 12.1 Å². The largest absolute Gasteiger partial charge is 0.457 e. The van der Waals surface area contributed by atoms with Gasteiger partial charge in [0.05, 0.1) is 0 Å². The lowest BCUT2D eigenvalue weighted by Crippen LogP contribution is -2.55. The zero-order chi connectivity index (χ0) is 22.0. The number of anilines is 1. The van der Waals surface area contributed by atoms with Crippen LogP contribution in [-0.2, 0) is 4.79 Å². The quantitative estimate of drug-likeness (QED) is 0.582. The maximum atomic E-state index is 13.0. The minimum absolute atomic E-state index is 0.142. The summed E-state index contributed by atoms with van der Waals surface area (Å²) in [4.78, 5) is 13.0. The highest BCUT2D eigenvalue weighted by Gasteiger charge is 2.60. The summed E-state index contributed by atoms with van der Waals surface area (Å²) in [6, 6.07) is 13.1. The van der Waals surface area contributed by atoms with E-state index in [4.69, 9.17) is 14.2 Å². The van der Waals surface area contributed by atoms with Gasteiger partial charge in [-0.15, -0.1) is 0 Å². The fourth-order valence-electron chi connectivity index (χ4n) is 8.11. The van der Waals surface area contributed by atoms with E-state index in [1.807, 2.05) is 42.5 Å². The van der Waals surface area contributed by atoms with Crippen molar-refractivity contribution in [3.8, 4) is 23.0 Å². The summed E-state index contributed by atoms with van der Waals surface area (Å²) < 4.78 is 16.7. The van der Waals surface area contributed by atoms with Crippen molar-refractivity contribution < 1.29 is 19.0 Å². The summed E-state index contributed by atoms with van der Waals surface area (Å²) in [5, 5.41) is 3.14. The average Bonchev–Trinajstić information content (AvgIpc) is 3.14. The Hall–Kier alpha value is -2.69. The average molecular weight is 434 g/mol. The summed E-state index contributed by atoms with van der Waals surface area (Å²) in [5.41, 5.74) is 1.87. The Labute approximate surface area is 189 Å². The van der Waals surface area contributed by atoms with Crippen molar-refractivity contribution in [2.45, 2.75) is 58.8 Å². The first kappa shape index (κ1) is 20.0. The standard InChI is InChI=1S/C27H31NO4/c1-25-10-18-11-26(2,14-25)16-27(12-18,15-25)13-24(29)28-19-3-5-20(6-4-19)32-21-7-8-22-23(9-21)31-17-30-22/h3-9,18H,10-17H2,1-2H3,(H,28,29)/t18?,25-,26-,27?/m1/s1. The van der Waals surface area contributed by atoms with E-state index in [1.54, 1.807) is 0 Å². The maximum absolute atomic E-state index is 13.0. The first-order valence-electron chi connectivity index (χ1n) is 11.8. The zero-order valence-electron chi connectivity index (χ0n) is 18.9. The van der Waals surface area contributed by atoms with Crippen molar-refractivity contribution >= 4 is 11.6 Å². The van der Waals surface area contributed by atoms with Crippen LogP contribution in [0.1, 0.15) is 58.8 Å². The van der Waals surface area contributed by atoms with Crippen LogP contribution < -0.4 is 19.5 Å². The van der Waals surface area contributed by atoms with Crippen molar-refractivity contribution in [1.29, 1.82) is 0 Å². The molecular weight excluding hydrogens is 402 g/mol. The van der Waals surface area contributed by atoms with Crippen LogP contribution in [-0.4, -0.2) is 12.7 Å². The molecule has 7 rings (SSSR count). The SMILES string of the molecule is C[C@]12CC3CC(CC(=O)Nc4ccc(Oc5ccc6c(c5)OCO6)cc4)(C1)C[C@](C)(C3)C2. The lowest BCUT2D eigenvalue weighted by Gasteiger charge is -2.65. The van der Waals surface area contributed by atoms with E-state index in [9.17, 15) is 4.79 Å². The molecule has 0 spiro atoms. The Morgan fingerprint density at radius 1 is 0.938 bits per heavy atom. The molecule has 2 aromatic rings. The summed E-state index contributed by atoms with van der Waals surface area (Å²) in [6.45, 7) is 5.16. The van der Waals surface area contributed by atoms with Gasteiger partial charge < -0.3 is 19.5 Å². The van der Waals surface area contributed by atoms with Crippen LogP contribution in [0.5, 0.6) is 23.0 Å². The van der Waals surface area contributed by atoms with E-state index in [2.05, 4.69) is 19.2 Å². The first-order valence-corrected chi connectivity index (χ1v) is 11.8. The molecule has 4 bridgehead atoms. The summed E-state index contributed by atoms with van der Waals surface area (Å²) in [5.74, 6) is 3.78. The van der Waals surface area contributed by atoms with Crippen molar-refractivity contribution in [3.63, 3.8) is 0 Å². The minimum atomic E-state index is 0.142. The molecular formula is C27H31NO4. The lowest BCUT2D eigenvalue weighted by atomic mass is 9.40. The van der Waals surface area contributed by atoms with E-state index in [1.165, 1.54) is 38.5 Å². The molecule has 5 aliphatic rings. The topological polar surface area (TPSA) is 56.8 Å². The van der Waals surface area contributed by atoms with Gasteiger partial charge in [0.1, 0.15) is 11.5 Å². The third kappa shape index (κ3) is 3.62. The molecule has 168 valence electrons. The highest BCUT2D eigenvalue weighted by Crippen LogP contribution is 2.70. The first-order chi connectivity index (χ1) is 15.3. The Morgan fingerprint density at radius 3 is 2.34 bits per heavy atom. The van der Waals surface area contributed by atoms with E-state index >= 15 is 0 Å². The van der Waals surface area contributed by atoms with Crippen molar-refractivity contribution in [1.82, 2.24) is 0 Å². The molecule has 4 fully saturated rings. The van der Waals surface area contributed by atoms with Crippen LogP contribution >= 0.6 is 0 Å². The third-order valence-electron chi connectivity index (χ3n) is 8.00. The van der Waals surface area contributed by atoms with Crippen LogP contribution in [0.2, 0.25) is 0 Å². The van der Waals surface area contributed by atoms with E-state index < -0.39 is 0 Å². The molecule has 1 heterocycles. The van der Waals surface area contributed by atoms with Gasteiger partial charge in [0.25, 0.3) is 0 Å². The van der Waals surface area contributed by atoms with Crippen LogP contribution in [0.3, 0.4) is 0 Å². The number of carbonyl (C=O) groups excluding carboxylic acids is 1.